The van der Waals surface area contributed by atoms with Gasteiger partial charge in [0.25, 0.3) is 0 Å². The summed E-state index contributed by atoms with van der Waals surface area (Å²) in [4.78, 5) is 0. The Morgan fingerprint density at radius 3 is 1.54 bits per heavy atom. The van der Waals surface area contributed by atoms with Gasteiger partial charge in [-0.05, 0) is 108 Å². The van der Waals surface area contributed by atoms with Crippen molar-refractivity contribution in [2.45, 2.75) is 5.41 Å². The molecule has 0 spiro atoms. The Hall–Kier alpha value is -6.70. The molecule has 1 nitrogen and oxygen atoms in total. The van der Waals surface area contributed by atoms with E-state index in [1.54, 1.807) is 0 Å². The summed E-state index contributed by atoms with van der Waals surface area (Å²) in [7, 11) is 0. The second-order valence-corrected chi connectivity index (χ2v) is 13.8. The van der Waals surface area contributed by atoms with Crippen LogP contribution in [0.2, 0.25) is 0 Å². The van der Waals surface area contributed by atoms with Crippen molar-refractivity contribution in [2.75, 3.05) is 5.32 Å². The molecule has 0 unspecified atom stereocenters. The lowest BCUT2D eigenvalue weighted by Gasteiger charge is -2.34. The molecule has 0 heterocycles. The Bertz CT molecular complexity index is 2690. The SMILES string of the molecule is c1ccc(C2(c3ccccc3)c3ccccc3-c3ccc(Nc4ccc(-c5ccc(-c6cc7ccccc7c7ccccc67)cc5)cc4)cc32)cc1. The highest BCUT2D eigenvalue weighted by molar-refractivity contribution is 6.13. The molecule has 0 saturated heterocycles. The Balaban J connectivity index is 0.977. The third-order valence-corrected chi connectivity index (χ3v) is 10.9. The summed E-state index contributed by atoms with van der Waals surface area (Å²) < 4.78 is 0. The van der Waals surface area contributed by atoms with Gasteiger partial charge < -0.3 is 5.32 Å². The molecule has 0 radical (unpaired) electrons. The summed E-state index contributed by atoms with van der Waals surface area (Å²) in [6.07, 6.45) is 0. The highest BCUT2D eigenvalue weighted by atomic mass is 14.9. The number of hydrogen-bond donors (Lipinski definition) is 1. The Morgan fingerprint density at radius 2 is 0.827 bits per heavy atom. The van der Waals surface area contributed by atoms with Crippen LogP contribution in [0, 0.1) is 0 Å². The monoisotopic (exact) mass is 661 g/mol. The van der Waals surface area contributed by atoms with Gasteiger partial charge >= 0.3 is 0 Å². The van der Waals surface area contributed by atoms with Crippen molar-refractivity contribution in [1.29, 1.82) is 0 Å². The molecule has 1 aliphatic carbocycles. The van der Waals surface area contributed by atoms with Gasteiger partial charge in [0.05, 0.1) is 5.41 Å². The molecular weight excluding hydrogens is 627 g/mol. The van der Waals surface area contributed by atoms with Crippen LogP contribution < -0.4 is 5.32 Å². The third-order valence-electron chi connectivity index (χ3n) is 10.9. The van der Waals surface area contributed by atoms with E-state index in [9.17, 15) is 0 Å². The number of anilines is 2. The molecule has 9 aromatic carbocycles. The van der Waals surface area contributed by atoms with Crippen molar-refractivity contribution in [1.82, 2.24) is 0 Å². The minimum Gasteiger partial charge on any atom is -0.356 e. The van der Waals surface area contributed by atoms with Crippen LogP contribution in [0.4, 0.5) is 11.4 Å². The Labute approximate surface area is 304 Å². The molecule has 0 atom stereocenters. The van der Waals surface area contributed by atoms with Crippen LogP contribution in [0.3, 0.4) is 0 Å². The van der Waals surface area contributed by atoms with Crippen LogP contribution in [0.25, 0.3) is 54.9 Å². The van der Waals surface area contributed by atoms with E-state index in [4.69, 9.17) is 0 Å². The van der Waals surface area contributed by atoms with Gasteiger partial charge in [0.2, 0.25) is 0 Å². The first-order chi connectivity index (χ1) is 25.8. The number of fused-ring (bicyclic) bond motifs is 6. The van der Waals surface area contributed by atoms with E-state index in [0.717, 1.165) is 11.4 Å². The van der Waals surface area contributed by atoms with Gasteiger partial charge in [0, 0.05) is 11.4 Å². The lowest BCUT2D eigenvalue weighted by molar-refractivity contribution is 0.769. The molecule has 52 heavy (non-hydrogen) atoms. The highest BCUT2D eigenvalue weighted by Gasteiger charge is 2.46. The molecule has 0 saturated carbocycles. The lowest BCUT2D eigenvalue weighted by atomic mass is 9.67. The van der Waals surface area contributed by atoms with Crippen molar-refractivity contribution in [3.63, 3.8) is 0 Å². The maximum absolute atomic E-state index is 3.74. The molecule has 0 fully saturated rings. The predicted molar refractivity (Wildman–Crippen MR) is 219 cm³/mol. The van der Waals surface area contributed by atoms with Crippen LogP contribution in [-0.2, 0) is 5.41 Å². The zero-order valence-electron chi connectivity index (χ0n) is 28.6. The topological polar surface area (TPSA) is 12.0 Å². The van der Waals surface area contributed by atoms with Gasteiger partial charge in [0.1, 0.15) is 0 Å². The highest BCUT2D eigenvalue weighted by Crippen LogP contribution is 2.56. The van der Waals surface area contributed by atoms with Gasteiger partial charge in [-0.2, -0.15) is 0 Å². The largest absolute Gasteiger partial charge is 0.356 e. The predicted octanol–water partition coefficient (Wildman–Crippen LogP) is 13.4. The first-order valence-corrected chi connectivity index (χ1v) is 18.0. The molecule has 0 amide bonds. The molecule has 10 rings (SSSR count). The van der Waals surface area contributed by atoms with Crippen LogP contribution in [0.1, 0.15) is 22.3 Å². The maximum atomic E-state index is 3.74. The van der Waals surface area contributed by atoms with Gasteiger partial charge in [-0.1, -0.05) is 176 Å². The number of rotatable bonds is 6. The minimum atomic E-state index is -0.415. The fourth-order valence-corrected chi connectivity index (χ4v) is 8.57. The average Bonchev–Trinajstić information content (AvgIpc) is 3.52. The van der Waals surface area contributed by atoms with Crippen molar-refractivity contribution in [2.24, 2.45) is 0 Å². The standard InChI is InChI=1S/C51H35N/c1-3-14-39(15-4-1)51(40-16-5-2-6-17-40)49-22-12-11-21-46(49)47-32-31-42(34-50(47)51)52-41-29-27-36(28-30-41)35-23-25-37(26-24-35)48-33-38-13-7-8-18-43(38)44-19-9-10-20-45(44)48/h1-34,52H. The van der Waals surface area contributed by atoms with E-state index in [2.05, 4.69) is 212 Å². The van der Waals surface area contributed by atoms with Gasteiger partial charge in [-0.3, -0.25) is 0 Å². The Kier molecular flexibility index (Phi) is 7.11. The van der Waals surface area contributed by atoms with Crippen molar-refractivity contribution in [3.8, 4) is 33.4 Å². The minimum absolute atomic E-state index is 0.415. The van der Waals surface area contributed by atoms with Crippen LogP contribution in [-0.4, -0.2) is 0 Å². The second-order valence-electron chi connectivity index (χ2n) is 13.8. The fourth-order valence-electron chi connectivity index (χ4n) is 8.57. The van der Waals surface area contributed by atoms with Crippen molar-refractivity contribution >= 4 is 32.9 Å². The zero-order valence-corrected chi connectivity index (χ0v) is 28.6. The molecule has 9 aromatic rings. The molecule has 1 aliphatic rings. The van der Waals surface area contributed by atoms with E-state index >= 15 is 0 Å². The van der Waals surface area contributed by atoms with Crippen molar-refractivity contribution in [3.05, 3.63) is 229 Å². The van der Waals surface area contributed by atoms with Crippen LogP contribution >= 0.6 is 0 Å². The molecule has 0 aliphatic heterocycles. The second kappa shape index (κ2) is 12.3. The number of benzene rings is 9. The normalized spacial score (nSPS) is 12.8. The third kappa shape index (κ3) is 4.78. The van der Waals surface area contributed by atoms with E-state index in [0.29, 0.717) is 0 Å². The summed E-state index contributed by atoms with van der Waals surface area (Å²) >= 11 is 0. The van der Waals surface area contributed by atoms with E-state index in [1.807, 2.05) is 0 Å². The zero-order chi connectivity index (χ0) is 34.5. The summed E-state index contributed by atoms with van der Waals surface area (Å²) in [5, 5.41) is 8.88. The molecule has 244 valence electrons. The van der Waals surface area contributed by atoms with Gasteiger partial charge in [-0.15, -0.1) is 0 Å². The quantitative estimate of drug-likeness (QED) is 0.175. The average molecular weight is 662 g/mol. The van der Waals surface area contributed by atoms with Gasteiger partial charge in [-0.25, -0.2) is 0 Å². The first kappa shape index (κ1) is 30.2. The molecule has 0 bridgehead atoms. The Morgan fingerprint density at radius 1 is 0.308 bits per heavy atom. The van der Waals surface area contributed by atoms with E-state index in [-0.39, 0.29) is 0 Å². The maximum Gasteiger partial charge on any atom is 0.0714 e. The molecular formula is C51H35N. The fraction of sp³-hybridized carbons (Fsp3) is 0.0196. The van der Waals surface area contributed by atoms with Crippen LogP contribution in [0.15, 0.2) is 206 Å². The van der Waals surface area contributed by atoms with E-state index < -0.39 is 5.41 Å². The molecule has 0 aromatic heterocycles. The van der Waals surface area contributed by atoms with Crippen molar-refractivity contribution < 1.29 is 0 Å². The smallest absolute Gasteiger partial charge is 0.0714 e. The summed E-state index contributed by atoms with van der Waals surface area (Å²) in [6.45, 7) is 0. The summed E-state index contributed by atoms with van der Waals surface area (Å²) in [5.74, 6) is 0. The van der Waals surface area contributed by atoms with Crippen LogP contribution in [0.5, 0.6) is 0 Å². The summed E-state index contributed by atoms with van der Waals surface area (Å²) in [5.41, 5.74) is 14.3. The number of hydrogen-bond acceptors (Lipinski definition) is 1. The van der Waals surface area contributed by atoms with Gasteiger partial charge in [0.15, 0.2) is 0 Å². The molecule has 1 N–H and O–H groups in total. The lowest BCUT2D eigenvalue weighted by Crippen LogP contribution is -2.28. The number of nitrogens with one attached hydrogen (secondary N) is 1. The summed E-state index contributed by atoms with van der Waals surface area (Å²) in [6, 6.07) is 75.2. The van der Waals surface area contributed by atoms with E-state index in [1.165, 1.54) is 77.2 Å². The molecule has 1 heteroatoms. The first-order valence-electron chi connectivity index (χ1n) is 18.0.